The number of hydrogen-bond acceptors (Lipinski definition) is 3. The summed E-state index contributed by atoms with van der Waals surface area (Å²) in [4.78, 5) is 4.85. The van der Waals surface area contributed by atoms with Crippen LogP contribution in [0.5, 0.6) is 0 Å². The average molecular weight is 787 g/mol. The molecular weight excluding hydrogens is 745 g/mol. The lowest BCUT2D eigenvalue weighted by Crippen LogP contribution is -2.16. The van der Waals surface area contributed by atoms with Gasteiger partial charge in [0.1, 0.15) is 0 Å². The van der Waals surface area contributed by atoms with Crippen molar-refractivity contribution in [3.63, 3.8) is 0 Å². The molecule has 1 aromatic heterocycles. The van der Waals surface area contributed by atoms with E-state index < -0.39 is 0 Å². The molecule has 11 rings (SSSR count). The lowest BCUT2D eigenvalue weighted by atomic mass is 9.82. The monoisotopic (exact) mass is 786 g/mol. The van der Waals surface area contributed by atoms with E-state index >= 15 is 0 Å². The fourth-order valence-electron chi connectivity index (χ4n) is 9.29. The van der Waals surface area contributed by atoms with Crippen molar-refractivity contribution in [1.29, 1.82) is 0 Å². The average Bonchev–Trinajstić information content (AvgIpc) is 3.80. The van der Waals surface area contributed by atoms with Gasteiger partial charge in [-0.1, -0.05) is 166 Å². The maximum Gasteiger partial charge on any atom is 0.0718 e. The summed E-state index contributed by atoms with van der Waals surface area (Å²) in [6.45, 7) is 4.70. The van der Waals surface area contributed by atoms with Crippen molar-refractivity contribution < 1.29 is 0 Å². The van der Waals surface area contributed by atoms with Crippen molar-refractivity contribution in [2.45, 2.75) is 19.3 Å². The maximum atomic E-state index is 2.45. The molecule has 3 heteroatoms. The number of anilines is 6. The lowest BCUT2D eigenvalue weighted by molar-refractivity contribution is 0.660. The Balaban J connectivity index is 1.07. The van der Waals surface area contributed by atoms with Crippen LogP contribution in [-0.4, -0.2) is 0 Å². The summed E-state index contributed by atoms with van der Waals surface area (Å²) in [5, 5.41) is 2.55. The Hall–Kier alpha value is -7.20. The second kappa shape index (κ2) is 14.6. The highest BCUT2D eigenvalue weighted by Crippen LogP contribution is 2.52. The molecule has 0 unspecified atom stereocenters. The van der Waals surface area contributed by atoms with Gasteiger partial charge in [0.05, 0.1) is 10.4 Å². The first-order valence-corrected chi connectivity index (χ1v) is 21.5. The molecule has 0 saturated heterocycles. The van der Waals surface area contributed by atoms with E-state index in [1.54, 1.807) is 0 Å². The van der Waals surface area contributed by atoms with Gasteiger partial charge in [-0.05, 0) is 106 Å². The summed E-state index contributed by atoms with van der Waals surface area (Å²) in [7, 11) is 0. The molecule has 0 atom stereocenters. The summed E-state index contributed by atoms with van der Waals surface area (Å²) in [6, 6.07) is 79.7. The van der Waals surface area contributed by atoms with Crippen molar-refractivity contribution in [3.05, 3.63) is 230 Å². The van der Waals surface area contributed by atoms with Crippen LogP contribution in [0, 0.1) is 0 Å². The third-order valence-corrected chi connectivity index (χ3v) is 13.5. The Kier molecular flexibility index (Phi) is 8.72. The van der Waals surface area contributed by atoms with Gasteiger partial charge in [0.15, 0.2) is 0 Å². The molecule has 0 saturated carbocycles. The van der Waals surface area contributed by atoms with Crippen LogP contribution in [0.2, 0.25) is 0 Å². The van der Waals surface area contributed by atoms with E-state index in [0.717, 1.165) is 34.0 Å². The zero-order valence-corrected chi connectivity index (χ0v) is 34.4. The molecule has 286 valence electrons. The Morgan fingerprint density at radius 2 is 0.850 bits per heavy atom. The number of benzene rings is 9. The molecule has 9 aromatic carbocycles. The maximum absolute atomic E-state index is 2.45. The Morgan fingerprint density at radius 1 is 0.350 bits per heavy atom. The standard InChI is InChI=1S/C57H42N2S/c1-57(2)52-24-14-12-22-48(52)49-35-34-46(38-53(49)57)58(42-18-8-4-9-19-42)44-32-28-41(29-33-44)47-36-37-51-50-23-13-15-25-54(50)60-56(51)55(47)59(43-20-10-5-11-21-43)45-30-26-40(27-31-45)39-16-6-3-7-17-39/h3-38H,1-2H3. The van der Waals surface area contributed by atoms with Gasteiger partial charge in [-0.15, -0.1) is 11.3 Å². The highest BCUT2D eigenvalue weighted by atomic mass is 32.1. The highest BCUT2D eigenvalue weighted by molar-refractivity contribution is 7.26. The van der Waals surface area contributed by atoms with Crippen LogP contribution in [0.15, 0.2) is 218 Å². The Labute approximate surface area is 355 Å². The minimum atomic E-state index is -0.0950. The number of rotatable bonds is 8. The molecule has 1 heterocycles. The van der Waals surface area contributed by atoms with Gasteiger partial charge in [0, 0.05) is 54.9 Å². The van der Waals surface area contributed by atoms with Gasteiger partial charge in [-0.25, -0.2) is 0 Å². The van der Waals surface area contributed by atoms with E-state index in [1.807, 2.05) is 11.3 Å². The number of para-hydroxylation sites is 2. The van der Waals surface area contributed by atoms with Crippen LogP contribution in [0.25, 0.3) is 53.6 Å². The molecule has 10 aromatic rings. The van der Waals surface area contributed by atoms with Crippen molar-refractivity contribution in [2.24, 2.45) is 0 Å². The second-order valence-corrected chi connectivity index (χ2v) is 17.2. The molecule has 0 radical (unpaired) electrons. The molecule has 2 nitrogen and oxygen atoms in total. The van der Waals surface area contributed by atoms with E-state index in [9.17, 15) is 0 Å². The number of nitrogens with zero attached hydrogens (tertiary/aromatic N) is 2. The molecule has 0 aliphatic heterocycles. The van der Waals surface area contributed by atoms with Crippen molar-refractivity contribution >= 4 is 65.6 Å². The highest BCUT2D eigenvalue weighted by Gasteiger charge is 2.35. The van der Waals surface area contributed by atoms with Gasteiger partial charge in [-0.2, -0.15) is 0 Å². The fraction of sp³-hybridized carbons (Fsp3) is 0.0526. The topological polar surface area (TPSA) is 6.48 Å². The minimum Gasteiger partial charge on any atom is -0.310 e. The molecule has 0 spiro atoms. The van der Waals surface area contributed by atoms with Crippen LogP contribution < -0.4 is 9.80 Å². The third kappa shape index (κ3) is 6.01. The Morgan fingerprint density at radius 3 is 1.57 bits per heavy atom. The van der Waals surface area contributed by atoms with E-state index in [0.29, 0.717) is 0 Å². The summed E-state index contributed by atoms with van der Waals surface area (Å²) < 4.78 is 2.55. The molecular formula is C57H42N2S. The molecule has 0 fully saturated rings. The minimum absolute atomic E-state index is 0.0950. The van der Waals surface area contributed by atoms with Crippen LogP contribution in [-0.2, 0) is 5.41 Å². The normalized spacial score (nSPS) is 12.6. The zero-order chi connectivity index (χ0) is 40.2. The molecule has 0 bridgehead atoms. The number of hydrogen-bond donors (Lipinski definition) is 0. The third-order valence-electron chi connectivity index (χ3n) is 12.3. The first-order chi connectivity index (χ1) is 29.5. The molecule has 1 aliphatic carbocycles. The summed E-state index contributed by atoms with van der Waals surface area (Å²) in [5.74, 6) is 0. The van der Waals surface area contributed by atoms with Crippen LogP contribution in [0.3, 0.4) is 0 Å². The summed E-state index contributed by atoms with van der Waals surface area (Å²) in [5.41, 5.74) is 16.8. The number of thiophene rings is 1. The summed E-state index contributed by atoms with van der Waals surface area (Å²) >= 11 is 1.87. The molecule has 1 aliphatic rings. The fourth-order valence-corrected chi connectivity index (χ4v) is 10.5. The lowest BCUT2D eigenvalue weighted by Gasteiger charge is -2.29. The van der Waals surface area contributed by atoms with Gasteiger partial charge in [-0.3, -0.25) is 0 Å². The van der Waals surface area contributed by atoms with Crippen molar-refractivity contribution in [2.75, 3.05) is 9.80 Å². The first kappa shape index (κ1) is 35.9. The quantitative estimate of drug-likeness (QED) is 0.151. The van der Waals surface area contributed by atoms with Crippen LogP contribution >= 0.6 is 11.3 Å². The van der Waals surface area contributed by atoms with Crippen LogP contribution in [0.4, 0.5) is 34.1 Å². The van der Waals surface area contributed by atoms with Gasteiger partial charge in [0.2, 0.25) is 0 Å². The van der Waals surface area contributed by atoms with Crippen molar-refractivity contribution in [3.8, 4) is 33.4 Å². The zero-order valence-electron chi connectivity index (χ0n) is 33.6. The van der Waals surface area contributed by atoms with Gasteiger partial charge < -0.3 is 9.80 Å². The SMILES string of the molecule is CC1(C)c2ccccc2-c2ccc(N(c3ccccc3)c3ccc(-c4ccc5c(sc6ccccc65)c4N(c4ccccc4)c4ccc(-c5ccccc5)cc4)cc3)cc21. The predicted octanol–water partition coefficient (Wildman–Crippen LogP) is 16.6. The molecule has 0 amide bonds. The van der Waals surface area contributed by atoms with Crippen molar-refractivity contribution in [1.82, 2.24) is 0 Å². The van der Waals surface area contributed by atoms with Gasteiger partial charge >= 0.3 is 0 Å². The molecule has 0 N–H and O–H groups in total. The van der Waals surface area contributed by atoms with Gasteiger partial charge in [0.25, 0.3) is 0 Å². The first-order valence-electron chi connectivity index (χ1n) is 20.7. The predicted molar refractivity (Wildman–Crippen MR) is 257 cm³/mol. The Bertz CT molecular complexity index is 3150. The largest absolute Gasteiger partial charge is 0.310 e. The van der Waals surface area contributed by atoms with E-state index in [4.69, 9.17) is 0 Å². The molecule has 60 heavy (non-hydrogen) atoms. The van der Waals surface area contributed by atoms with E-state index in [-0.39, 0.29) is 5.41 Å². The van der Waals surface area contributed by atoms with E-state index in [1.165, 1.54) is 64.8 Å². The number of fused-ring (bicyclic) bond motifs is 6. The summed E-state index contributed by atoms with van der Waals surface area (Å²) in [6.07, 6.45) is 0. The smallest absolute Gasteiger partial charge is 0.0718 e. The second-order valence-electron chi connectivity index (χ2n) is 16.1. The van der Waals surface area contributed by atoms with Crippen LogP contribution in [0.1, 0.15) is 25.0 Å². The van der Waals surface area contributed by atoms with E-state index in [2.05, 4.69) is 242 Å².